The third kappa shape index (κ3) is 4.34. The molecule has 1 amide bonds. The maximum absolute atomic E-state index is 11.9. The smallest absolute Gasteiger partial charge is 0.251 e. The first-order valence-corrected chi connectivity index (χ1v) is 6.96. The van der Waals surface area contributed by atoms with E-state index < -0.39 is 0 Å². The number of hydrogen-bond acceptors (Lipinski definition) is 4. The van der Waals surface area contributed by atoms with E-state index in [1.165, 1.54) is 6.07 Å². The minimum absolute atomic E-state index is 0.0773. The first-order chi connectivity index (χ1) is 10.7. The third-order valence-electron chi connectivity index (χ3n) is 3.08. The van der Waals surface area contributed by atoms with Gasteiger partial charge in [0.2, 0.25) is 5.43 Å². The zero-order valence-electron chi connectivity index (χ0n) is 12.3. The normalized spacial score (nSPS) is 9.86. The van der Waals surface area contributed by atoms with Crippen molar-refractivity contribution in [1.29, 1.82) is 0 Å². The van der Waals surface area contributed by atoms with Crippen molar-refractivity contribution in [3.05, 3.63) is 70.4 Å². The largest absolute Gasteiger partial charge is 0.497 e. The van der Waals surface area contributed by atoms with Crippen molar-refractivity contribution in [2.24, 2.45) is 0 Å². The maximum Gasteiger partial charge on any atom is 0.251 e. The zero-order chi connectivity index (χ0) is 15.8. The predicted octanol–water partition coefficient (Wildman–Crippen LogP) is 1.90. The topological polar surface area (TPSA) is 67.4 Å². The molecular weight excluding hydrogens is 280 g/mol. The van der Waals surface area contributed by atoms with E-state index in [0.29, 0.717) is 30.1 Å². The number of methoxy groups -OCH3 is 1. The lowest BCUT2D eigenvalue weighted by Crippen LogP contribution is -2.29. The summed E-state index contributed by atoms with van der Waals surface area (Å²) in [4.78, 5) is 23.6. The van der Waals surface area contributed by atoms with Gasteiger partial charge in [-0.15, -0.1) is 0 Å². The number of nitrogens with one attached hydrogen (secondary N) is 2. The molecule has 0 aliphatic heterocycles. The molecule has 0 aliphatic rings. The van der Waals surface area contributed by atoms with Crippen LogP contribution in [0.15, 0.2) is 59.4 Å². The Kier molecular flexibility index (Phi) is 5.54. The van der Waals surface area contributed by atoms with Crippen LogP contribution in [-0.2, 0) is 0 Å². The van der Waals surface area contributed by atoms with Crippen LogP contribution < -0.4 is 20.8 Å². The molecule has 0 unspecified atom stereocenters. The molecule has 22 heavy (non-hydrogen) atoms. The van der Waals surface area contributed by atoms with Crippen LogP contribution in [0.25, 0.3) is 0 Å². The minimum Gasteiger partial charge on any atom is -0.497 e. The van der Waals surface area contributed by atoms with Crippen LogP contribution >= 0.6 is 0 Å². The summed E-state index contributed by atoms with van der Waals surface area (Å²) in [6, 6.07) is 15.4. The van der Waals surface area contributed by atoms with Crippen molar-refractivity contribution < 1.29 is 9.53 Å². The maximum atomic E-state index is 11.9. The molecule has 0 spiro atoms. The molecule has 2 rings (SSSR count). The Morgan fingerprint density at radius 3 is 2.45 bits per heavy atom. The fourth-order valence-electron chi connectivity index (χ4n) is 1.89. The van der Waals surface area contributed by atoms with Gasteiger partial charge in [0.15, 0.2) is 0 Å². The summed E-state index contributed by atoms with van der Waals surface area (Å²) < 4.78 is 5.04. The van der Waals surface area contributed by atoms with Crippen molar-refractivity contribution in [2.75, 3.05) is 25.5 Å². The van der Waals surface area contributed by atoms with E-state index in [4.69, 9.17) is 4.74 Å². The third-order valence-corrected chi connectivity index (χ3v) is 3.08. The molecule has 0 aliphatic carbocycles. The second-order valence-corrected chi connectivity index (χ2v) is 4.60. The zero-order valence-corrected chi connectivity index (χ0v) is 12.3. The van der Waals surface area contributed by atoms with Crippen LogP contribution in [-0.4, -0.2) is 26.1 Å². The van der Waals surface area contributed by atoms with Crippen LogP contribution in [0.5, 0.6) is 5.75 Å². The van der Waals surface area contributed by atoms with Crippen LogP contribution in [0.2, 0.25) is 0 Å². The van der Waals surface area contributed by atoms with Crippen molar-refractivity contribution in [3.8, 4) is 5.75 Å². The van der Waals surface area contributed by atoms with Gasteiger partial charge in [0, 0.05) is 18.7 Å². The monoisotopic (exact) mass is 298 g/mol. The van der Waals surface area contributed by atoms with Gasteiger partial charge in [-0.3, -0.25) is 9.59 Å². The molecule has 2 aromatic carbocycles. The van der Waals surface area contributed by atoms with E-state index in [1.807, 2.05) is 0 Å². The number of benzene rings is 1. The average molecular weight is 298 g/mol. The van der Waals surface area contributed by atoms with Crippen molar-refractivity contribution >= 4 is 11.6 Å². The second kappa shape index (κ2) is 7.83. The number of amides is 1. The highest BCUT2D eigenvalue weighted by molar-refractivity contribution is 5.94. The van der Waals surface area contributed by atoms with Gasteiger partial charge in [-0.1, -0.05) is 18.2 Å². The molecule has 0 atom stereocenters. The molecule has 0 saturated carbocycles. The van der Waals surface area contributed by atoms with Gasteiger partial charge in [0.1, 0.15) is 5.75 Å². The van der Waals surface area contributed by atoms with Gasteiger partial charge in [0.05, 0.1) is 12.8 Å². The quantitative estimate of drug-likeness (QED) is 0.799. The Balaban J connectivity index is 1.82. The van der Waals surface area contributed by atoms with Crippen LogP contribution in [0.1, 0.15) is 10.4 Å². The number of anilines is 1. The SMILES string of the molecule is COc1ccc(C(=O)NCCNc2cccccc2=O)cc1. The molecule has 0 saturated heterocycles. The van der Waals surface area contributed by atoms with E-state index in [-0.39, 0.29) is 11.3 Å². The number of carbonyl (C=O) groups is 1. The number of hydrogen-bond donors (Lipinski definition) is 2. The van der Waals surface area contributed by atoms with Gasteiger partial charge in [-0.2, -0.15) is 0 Å². The molecule has 5 heteroatoms. The molecule has 114 valence electrons. The Hall–Kier alpha value is -2.82. The lowest BCUT2D eigenvalue weighted by atomic mass is 10.2. The summed E-state index contributed by atoms with van der Waals surface area (Å²) in [6.07, 6.45) is 0. The number of ether oxygens (including phenoxy) is 1. The molecule has 0 heterocycles. The molecule has 2 aromatic rings. The van der Waals surface area contributed by atoms with Crippen molar-refractivity contribution in [1.82, 2.24) is 5.32 Å². The van der Waals surface area contributed by atoms with Gasteiger partial charge in [-0.25, -0.2) is 0 Å². The first kappa shape index (κ1) is 15.6. The second-order valence-electron chi connectivity index (χ2n) is 4.60. The van der Waals surface area contributed by atoms with Gasteiger partial charge in [-0.05, 0) is 36.4 Å². The highest BCUT2D eigenvalue weighted by Gasteiger charge is 2.04. The fourth-order valence-corrected chi connectivity index (χ4v) is 1.89. The molecule has 0 aromatic heterocycles. The Morgan fingerprint density at radius 1 is 1.00 bits per heavy atom. The van der Waals surface area contributed by atoms with Crippen LogP contribution in [0.3, 0.4) is 0 Å². The molecule has 0 fully saturated rings. The summed E-state index contributed by atoms with van der Waals surface area (Å²) >= 11 is 0. The summed E-state index contributed by atoms with van der Waals surface area (Å²) in [5.41, 5.74) is 1.01. The van der Waals surface area contributed by atoms with Crippen molar-refractivity contribution in [2.45, 2.75) is 0 Å². The molecule has 0 bridgehead atoms. The van der Waals surface area contributed by atoms with E-state index in [9.17, 15) is 9.59 Å². The Bertz CT molecular complexity index is 684. The lowest BCUT2D eigenvalue weighted by molar-refractivity contribution is 0.0955. The lowest BCUT2D eigenvalue weighted by Gasteiger charge is -2.07. The summed E-state index contributed by atoms with van der Waals surface area (Å²) in [5, 5.41) is 5.80. The Labute approximate surface area is 128 Å². The standard InChI is InChI=1S/C17H18N2O3/c1-22-14-9-7-13(8-10-14)17(21)19-12-11-18-15-5-3-2-4-6-16(15)20/h2-10H,11-12H2,1H3,(H,18,20)(H,19,21). The predicted molar refractivity (Wildman–Crippen MR) is 86.5 cm³/mol. The average Bonchev–Trinajstić information content (AvgIpc) is 2.76. The first-order valence-electron chi connectivity index (χ1n) is 6.96. The van der Waals surface area contributed by atoms with Crippen LogP contribution in [0.4, 0.5) is 5.69 Å². The highest BCUT2D eigenvalue weighted by Crippen LogP contribution is 2.10. The summed E-state index contributed by atoms with van der Waals surface area (Å²) in [6.45, 7) is 0.893. The fraction of sp³-hybridized carbons (Fsp3) is 0.176. The van der Waals surface area contributed by atoms with E-state index in [1.54, 1.807) is 55.6 Å². The van der Waals surface area contributed by atoms with Gasteiger partial charge >= 0.3 is 0 Å². The van der Waals surface area contributed by atoms with Crippen LogP contribution in [0, 0.1) is 0 Å². The Morgan fingerprint density at radius 2 is 1.73 bits per heavy atom. The van der Waals surface area contributed by atoms with E-state index in [2.05, 4.69) is 10.6 Å². The van der Waals surface area contributed by atoms with Gasteiger partial charge < -0.3 is 15.4 Å². The summed E-state index contributed by atoms with van der Waals surface area (Å²) in [7, 11) is 1.58. The highest BCUT2D eigenvalue weighted by atomic mass is 16.5. The van der Waals surface area contributed by atoms with E-state index in [0.717, 1.165) is 0 Å². The van der Waals surface area contributed by atoms with E-state index >= 15 is 0 Å². The minimum atomic E-state index is -0.162. The molecular formula is C17H18N2O3. The molecule has 2 N–H and O–H groups in total. The number of carbonyl (C=O) groups excluding carboxylic acids is 1. The summed E-state index contributed by atoms with van der Waals surface area (Å²) in [5.74, 6) is 0.545. The molecule has 5 nitrogen and oxygen atoms in total. The number of rotatable bonds is 6. The van der Waals surface area contributed by atoms with Gasteiger partial charge in [0.25, 0.3) is 5.91 Å². The van der Waals surface area contributed by atoms with Crippen molar-refractivity contribution in [3.63, 3.8) is 0 Å². The molecule has 0 radical (unpaired) electrons.